The van der Waals surface area contributed by atoms with Crippen LogP contribution in [-0.2, 0) is 55.4 Å². The van der Waals surface area contributed by atoms with E-state index in [1.165, 1.54) is 69.8 Å². The number of cyclic esters (lactones) is 1. The van der Waals surface area contributed by atoms with E-state index in [9.17, 15) is 74.1 Å². The van der Waals surface area contributed by atoms with E-state index in [2.05, 4.69) is 27.8 Å². The number of hydrogen-bond acceptors (Lipinski definition) is 28. The summed E-state index contributed by atoms with van der Waals surface area (Å²) in [7, 11) is 1.34. The van der Waals surface area contributed by atoms with Crippen molar-refractivity contribution < 1.29 is 103 Å². The normalized spacial score (nSPS) is 22.1. The summed E-state index contributed by atoms with van der Waals surface area (Å²) in [5, 5.41) is 103. The number of aromatic hydroxyl groups is 4. The Morgan fingerprint density at radius 1 is 0.711 bits per heavy atom. The maximum absolute atomic E-state index is 13.7. The molecule has 2 aromatic heterocycles. The summed E-state index contributed by atoms with van der Waals surface area (Å²) in [4.78, 5) is 115. The van der Waals surface area contributed by atoms with Crippen LogP contribution in [0.3, 0.4) is 0 Å². The number of rotatable bonds is 21. The molecular weight excluding hydrogens is 1470 g/mol. The van der Waals surface area contributed by atoms with Crippen LogP contribution in [0.25, 0.3) is 22.3 Å². The van der Waals surface area contributed by atoms with Gasteiger partial charge in [-0.15, -0.1) is 0 Å². The van der Waals surface area contributed by atoms with Gasteiger partial charge in [-0.3, -0.25) is 28.8 Å². The van der Waals surface area contributed by atoms with Crippen LogP contribution in [0.15, 0.2) is 71.5 Å². The number of esters is 1. The van der Waals surface area contributed by atoms with E-state index in [-0.39, 0.29) is 124 Å². The minimum Gasteiger partial charge on any atom is -0.507 e. The molecule has 0 bridgehead atoms. The van der Waals surface area contributed by atoms with Crippen LogP contribution in [-0.4, -0.2) is 216 Å². The standard InChI is InChI=1S/C33H38N4O6.C28H31NO10.C23H29N3O6/c1-3-22-23-16-21(43-32(40)36-14-10-20(11-15-36)35-12-6-5-7-13-35)8-9-27(23)34-29-24(22)18-37-28(29)17-26-25(30(37)38)19-42-31(39)33(26,41)4-2;1-11-12(2)38-19(7-15(11)29)39-17-9-28(36,18(31)10-30)8-14-21(17)27(35)23-22(25(14)33)24(32)13-5-4-6-16(37-3)20(13)26(23)34;27-12-3-1-2-8-25-14-4-5-15(26-10-9-24-11-13-28)19-18(14)22(31)20-16(29)6-7-17(30)21(20)23(19)32/h8-9,16-17,20,41H,3-7,10-15,18-19H2,1-2H3;4-6,11-12,15,17,19,30,33,35-36H,7-10,29H2,1-3H3;4-7,24-30H,1-3,8-13H2/t33-;11-,12+,15+,17+,19+,28+;/m01./s1. The quantitative estimate of drug-likeness (QED) is 0.0199. The van der Waals surface area contributed by atoms with Crippen molar-refractivity contribution in [3.8, 4) is 45.9 Å². The Bertz CT molecular complexity index is 4940. The second-order valence-electron chi connectivity index (χ2n) is 30.3. The Kier molecular flexibility index (Phi) is 24.4. The minimum atomic E-state index is -2.19. The van der Waals surface area contributed by atoms with E-state index in [0.717, 1.165) is 47.7 Å². The second kappa shape index (κ2) is 34.1. The number of likely N-dealkylation sites (tertiary alicyclic amines) is 2. The first-order valence-electron chi connectivity index (χ1n) is 39.1. The van der Waals surface area contributed by atoms with Gasteiger partial charge in [0.1, 0.15) is 53.3 Å². The SMILES string of the molecule is CCc1c2c(nc3ccc(OC(=O)N4CCC(N5CCCCC5)CC4)cc13)-c1cc3c(c(=O)n1C2)COC(=O)[C@]3(O)CC.COc1cccc2c1C(=O)c1c(O)c3c(c(O)c1C2=O)C[C@@](O)(C(=O)CO)C[C@@H]3O[C@H]1C[C@H](N)[C@H](C)[C@H](C)O1.O=C1c2c(O)ccc(O)c2C(=O)c2c(NCCNCCO)ccc(NCCCCCO)c21. The number of ether oxygens (including phenoxy) is 5. The number of ketones is 5. The molecule has 0 spiro atoms. The molecular formula is C84H98N8O22. The summed E-state index contributed by atoms with van der Waals surface area (Å²) < 4.78 is 30.1. The molecule has 3 fully saturated rings. The number of carbonyl (C=O) groups is 7. The van der Waals surface area contributed by atoms with Gasteiger partial charge in [0.25, 0.3) is 5.56 Å². The van der Waals surface area contributed by atoms with E-state index >= 15 is 0 Å². The number of aryl methyl sites for hydroxylation is 1. The second-order valence-corrected chi connectivity index (χ2v) is 30.3. The zero-order valence-corrected chi connectivity index (χ0v) is 64.4. The first-order chi connectivity index (χ1) is 54.8. The molecule has 30 nitrogen and oxygen atoms in total. The number of Topliss-reactive ketones (excluding diaryl/α,β-unsaturated/α-hetero) is 1. The molecule has 3 saturated heterocycles. The third-order valence-electron chi connectivity index (χ3n) is 23.6. The predicted octanol–water partition coefficient (Wildman–Crippen LogP) is 6.81. The summed E-state index contributed by atoms with van der Waals surface area (Å²) in [5.74, 6) is -5.60. The Morgan fingerprint density at radius 3 is 2.03 bits per heavy atom. The average Bonchev–Trinajstić information content (AvgIpc) is 0.819. The van der Waals surface area contributed by atoms with Crippen LogP contribution in [0.5, 0.6) is 34.5 Å². The number of aromatic nitrogens is 2. The van der Waals surface area contributed by atoms with Gasteiger partial charge in [0.15, 0.2) is 23.5 Å². The average molecular weight is 1570 g/mol. The molecule has 0 saturated carbocycles. The van der Waals surface area contributed by atoms with Crippen molar-refractivity contribution >= 4 is 63.3 Å². The van der Waals surface area contributed by atoms with Crippen LogP contribution < -0.4 is 36.7 Å². The van der Waals surface area contributed by atoms with E-state index < -0.39 is 101 Å². The number of nitrogens with one attached hydrogen (secondary N) is 3. The minimum absolute atomic E-state index is 0.0145. The van der Waals surface area contributed by atoms with Crippen LogP contribution in [0.1, 0.15) is 201 Å². The number of pyridine rings is 2. The molecule has 5 aromatic carbocycles. The molecule has 7 aromatic rings. The zero-order chi connectivity index (χ0) is 81.4. The molecule has 0 radical (unpaired) electrons. The van der Waals surface area contributed by atoms with Gasteiger partial charge < -0.3 is 106 Å². The molecule has 5 aliphatic heterocycles. The van der Waals surface area contributed by atoms with Gasteiger partial charge in [-0.25, -0.2) is 14.6 Å². The zero-order valence-electron chi connectivity index (χ0n) is 64.4. The van der Waals surface area contributed by atoms with Crippen molar-refractivity contribution in [2.75, 3.05) is 89.9 Å². The van der Waals surface area contributed by atoms with Gasteiger partial charge in [0, 0.05) is 122 Å². The molecule has 7 heterocycles. The lowest BCUT2D eigenvalue weighted by Gasteiger charge is -2.42. The highest BCUT2D eigenvalue weighted by Gasteiger charge is 2.51. The number of phenolic OH excluding ortho intramolecular Hbond substituents is 4. The Morgan fingerprint density at radius 2 is 1.39 bits per heavy atom. The lowest BCUT2D eigenvalue weighted by Crippen LogP contribution is -2.50. The van der Waals surface area contributed by atoms with Crippen molar-refractivity contribution in [2.24, 2.45) is 11.7 Å². The summed E-state index contributed by atoms with van der Waals surface area (Å²) in [6.45, 7) is 12.5. The van der Waals surface area contributed by atoms with Crippen molar-refractivity contribution in [3.63, 3.8) is 0 Å². The van der Waals surface area contributed by atoms with Crippen LogP contribution in [0.4, 0.5) is 16.2 Å². The fourth-order valence-electron chi connectivity index (χ4n) is 17.1. The molecule has 8 aliphatic rings. The molecule has 0 unspecified atom stereocenters. The molecule has 3 aliphatic carbocycles. The van der Waals surface area contributed by atoms with Crippen molar-refractivity contribution in [2.45, 2.75) is 166 Å². The fourth-order valence-corrected chi connectivity index (χ4v) is 17.1. The Hall–Kier alpha value is -10.3. The maximum atomic E-state index is 13.7. The third kappa shape index (κ3) is 15.2. The van der Waals surface area contributed by atoms with Gasteiger partial charge in [-0.1, -0.05) is 39.3 Å². The lowest BCUT2D eigenvalue weighted by molar-refractivity contribution is -0.236. The molecule has 30 heteroatoms. The smallest absolute Gasteiger partial charge is 0.415 e. The van der Waals surface area contributed by atoms with E-state index in [1.807, 2.05) is 30.9 Å². The van der Waals surface area contributed by atoms with Crippen molar-refractivity contribution in [1.82, 2.24) is 24.7 Å². The first-order valence-corrected chi connectivity index (χ1v) is 39.1. The Labute approximate surface area is 656 Å². The number of fused-ring (bicyclic) bond motifs is 10. The number of nitrogens with zero attached hydrogens (tertiary/aromatic N) is 4. The van der Waals surface area contributed by atoms with Gasteiger partial charge >= 0.3 is 12.1 Å². The number of phenols is 4. The number of nitrogens with two attached hydrogens (primary N) is 1. The third-order valence-corrected chi connectivity index (χ3v) is 23.6. The van der Waals surface area contributed by atoms with E-state index in [0.29, 0.717) is 104 Å². The van der Waals surface area contributed by atoms with Gasteiger partial charge in [-0.2, -0.15) is 0 Å². The number of carbonyl (C=O) groups excluding carboxylic acids is 7. The monoisotopic (exact) mass is 1570 g/mol. The number of methoxy groups -OCH3 is 1. The van der Waals surface area contributed by atoms with Crippen molar-refractivity contribution in [1.29, 1.82) is 0 Å². The lowest BCUT2D eigenvalue weighted by atomic mass is 9.72. The van der Waals surface area contributed by atoms with Gasteiger partial charge in [0.05, 0.1) is 93.9 Å². The fraction of sp³-hybridized carbons (Fsp3) is 0.464. The highest BCUT2D eigenvalue weighted by atomic mass is 16.7. The maximum Gasteiger partial charge on any atom is 0.415 e. The molecule has 14 N–H and O–H groups in total. The first kappa shape index (κ1) is 81.8. The predicted molar refractivity (Wildman–Crippen MR) is 416 cm³/mol. The van der Waals surface area contributed by atoms with Crippen molar-refractivity contribution in [3.05, 3.63) is 155 Å². The Balaban J connectivity index is 0.000000151. The molecule has 114 heavy (non-hydrogen) atoms. The van der Waals surface area contributed by atoms with Crippen LogP contribution in [0, 0.1) is 5.92 Å². The summed E-state index contributed by atoms with van der Waals surface area (Å²) >= 11 is 0. The number of hydrogen-bond donors (Lipinski definition) is 13. The van der Waals surface area contributed by atoms with Crippen LogP contribution in [0.2, 0.25) is 0 Å². The van der Waals surface area contributed by atoms with E-state index in [4.69, 9.17) is 44.6 Å². The number of amides is 1. The number of benzene rings is 5. The highest BCUT2D eigenvalue weighted by Crippen LogP contribution is 2.54. The number of aliphatic hydroxyl groups excluding tert-OH is 3. The largest absolute Gasteiger partial charge is 0.507 e. The van der Waals surface area contributed by atoms with Gasteiger partial charge in [-0.05, 0) is 144 Å². The van der Waals surface area contributed by atoms with Crippen LogP contribution >= 0.6 is 0 Å². The highest BCUT2D eigenvalue weighted by molar-refractivity contribution is 6.34. The number of aliphatic hydroxyl groups is 5. The molecule has 1 amide bonds. The number of anilines is 2. The summed E-state index contributed by atoms with van der Waals surface area (Å²) in [6.07, 6.45) is 5.43. The van der Waals surface area contributed by atoms with Gasteiger partial charge in [0.2, 0.25) is 17.3 Å². The summed E-state index contributed by atoms with van der Waals surface area (Å²) in [5.41, 5.74) is 6.10. The molecule has 606 valence electrons. The molecule has 15 rings (SSSR count). The van der Waals surface area contributed by atoms with E-state index in [1.54, 1.807) is 35.8 Å². The number of piperidine rings is 2. The topological polar surface area (TPSA) is 451 Å². The number of unbranched alkanes of at least 4 members (excludes halogenated alkanes) is 2. The summed E-state index contributed by atoms with van der Waals surface area (Å²) in [6, 6.07) is 17.7. The molecule has 7 atom stereocenters.